The molecule has 1 aliphatic rings. The molecule has 1 fully saturated rings. The summed E-state index contributed by atoms with van der Waals surface area (Å²) in [7, 11) is -3.92. The van der Waals surface area contributed by atoms with E-state index in [1.807, 2.05) is 0 Å². The number of nitrogens with zero attached hydrogens (tertiary/aromatic N) is 4. The van der Waals surface area contributed by atoms with Gasteiger partial charge in [-0.1, -0.05) is 6.07 Å². The van der Waals surface area contributed by atoms with Crippen LogP contribution >= 0.6 is 0 Å². The Balaban J connectivity index is 2.14. The van der Waals surface area contributed by atoms with Crippen LogP contribution in [-0.2, 0) is 14.6 Å². The van der Waals surface area contributed by atoms with Crippen molar-refractivity contribution in [2.45, 2.75) is 4.90 Å². The monoisotopic (exact) mass is 463 g/mol. The van der Waals surface area contributed by atoms with Crippen LogP contribution in [0.2, 0.25) is 0 Å². The van der Waals surface area contributed by atoms with Crippen LogP contribution in [0.3, 0.4) is 0 Å². The van der Waals surface area contributed by atoms with Crippen LogP contribution in [0.1, 0.15) is 10.5 Å². The van der Waals surface area contributed by atoms with E-state index in [0.29, 0.717) is 26.3 Å². The van der Waals surface area contributed by atoms with Gasteiger partial charge >= 0.3 is 5.97 Å². The second kappa shape index (κ2) is 8.26. The fourth-order valence-electron chi connectivity index (χ4n) is 3.37. The smallest absolute Gasteiger partial charge is 0.354 e. The Morgan fingerprint density at radius 1 is 1.22 bits per heavy atom. The lowest BCUT2D eigenvalue weighted by Gasteiger charge is -2.27. The number of hydrogen-bond donors (Lipinski definition) is 2. The Morgan fingerprint density at radius 2 is 1.94 bits per heavy atom. The van der Waals surface area contributed by atoms with E-state index < -0.39 is 27.3 Å². The molecule has 13 heteroatoms. The minimum Gasteiger partial charge on any atom is -0.477 e. The van der Waals surface area contributed by atoms with E-state index in [0.717, 1.165) is 18.4 Å². The number of pyridine rings is 1. The van der Waals surface area contributed by atoms with Gasteiger partial charge in [0.25, 0.3) is 0 Å². The number of carboxylic acid groups (broad SMARTS) is 1. The number of sulfone groups is 1. The van der Waals surface area contributed by atoms with Crippen molar-refractivity contribution in [1.29, 1.82) is 0 Å². The summed E-state index contributed by atoms with van der Waals surface area (Å²) in [6, 6.07) is 4.89. The Morgan fingerprint density at radius 3 is 2.56 bits per heavy atom. The number of nitrogens with two attached hydrogens (primary N) is 1. The summed E-state index contributed by atoms with van der Waals surface area (Å²) in [5, 5.41) is 9.47. The van der Waals surface area contributed by atoms with E-state index in [1.165, 1.54) is 12.1 Å². The predicted octanol–water partition coefficient (Wildman–Crippen LogP) is 1.02. The Kier molecular flexibility index (Phi) is 5.62. The fourth-order valence-corrected chi connectivity index (χ4v) is 4.19. The molecule has 0 amide bonds. The maximum Gasteiger partial charge on any atom is 0.354 e. The van der Waals surface area contributed by atoms with Crippen molar-refractivity contribution >= 4 is 32.8 Å². The van der Waals surface area contributed by atoms with Gasteiger partial charge in [-0.05, 0) is 18.2 Å². The number of hydrogen-bond acceptors (Lipinski definition) is 10. The number of aromatic nitrogens is 3. The number of benzene rings is 1. The first-order valence-corrected chi connectivity index (χ1v) is 11.2. The Bertz CT molecular complexity index is 1330. The summed E-state index contributed by atoms with van der Waals surface area (Å²) < 4.78 is 44.8. The fraction of sp³-hybridized carbons (Fsp3) is 0.263. The largest absolute Gasteiger partial charge is 0.477 e. The molecular formula is C19H18FN5O6S. The van der Waals surface area contributed by atoms with Crippen molar-refractivity contribution in [2.75, 3.05) is 37.5 Å². The van der Waals surface area contributed by atoms with Gasteiger partial charge in [0.05, 0.1) is 23.7 Å². The molecule has 0 unspecified atom stereocenters. The average Bonchev–Trinajstić information content (AvgIpc) is 2.77. The molecule has 1 saturated heterocycles. The van der Waals surface area contributed by atoms with Gasteiger partial charge in [0, 0.05) is 19.3 Å². The summed E-state index contributed by atoms with van der Waals surface area (Å²) in [5.41, 5.74) is -0.746. The number of morpholine rings is 1. The van der Waals surface area contributed by atoms with Gasteiger partial charge in [0.2, 0.25) is 5.95 Å². The minimum absolute atomic E-state index is 0.0237. The molecule has 168 valence electrons. The highest BCUT2D eigenvalue weighted by atomic mass is 32.2. The molecule has 3 heterocycles. The highest BCUT2D eigenvalue weighted by Gasteiger charge is 2.26. The van der Waals surface area contributed by atoms with Crippen LogP contribution in [0.25, 0.3) is 22.3 Å². The van der Waals surface area contributed by atoms with Crippen LogP contribution in [0.5, 0.6) is 5.75 Å². The lowest BCUT2D eigenvalue weighted by molar-refractivity contribution is 0.0690. The maximum absolute atomic E-state index is 14.4. The highest BCUT2D eigenvalue weighted by molar-refractivity contribution is 7.91. The molecular weight excluding hydrogens is 445 g/mol. The van der Waals surface area contributed by atoms with Gasteiger partial charge in [0.1, 0.15) is 22.4 Å². The van der Waals surface area contributed by atoms with E-state index in [9.17, 15) is 22.7 Å². The van der Waals surface area contributed by atoms with Gasteiger partial charge in [-0.3, -0.25) is 0 Å². The highest BCUT2D eigenvalue weighted by Crippen LogP contribution is 2.37. The van der Waals surface area contributed by atoms with Gasteiger partial charge in [0.15, 0.2) is 21.4 Å². The number of para-hydroxylation sites is 1. The number of rotatable bonds is 5. The second-order valence-electron chi connectivity index (χ2n) is 6.99. The molecule has 0 saturated carbocycles. The van der Waals surface area contributed by atoms with E-state index >= 15 is 0 Å². The van der Waals surface area contributed by atoms with Gasteiger partial charge < -0.3 is 19.6 Å². The number of anilines is 1. The molecule has 1 aliphatic heterocycles. The summed E-state index contributed by atoms with van der Waals surface area (Å²) in [6.07, 6.45) is 0.931. The van der Waals surface area contributed by atoms with E-state index in [1.54, 1.807) is 4.90 Å². The summed E-state index contributed by atoms with van der Waals surface area (Å²) in [5.74, 6) is 2.82. The summed E-state index contributed by atoms with van der Waals surface area (Å²) >= 11 is 0. The first kappa shape index (κ1) is 21.8. The molecule has 0 aliphatic carbocycles. The predicted molar refractivity (Wildman–Crippen MR) is 111 cm³/mol. The van der Waals surface area contributed by atoms with Crippen LogP contribution in [0, 0.1) is 5.82 Å². The first-order chi connectivity index (χ1) is 15.2. The van der Waals surface area contributed by atoms with Crippen LogP contribution in [0.15, 0.2) is 29.2 Å². The third-order valence-electron chi connectivity index (χ3n) is 4.86. The molecule has 3 aromatic rings. The minimum atomic E-state index is -3.92. The third-order valence-corrected chi connectivity index (χ3v) is 5.97. The second-order valence-corrected chi connectivity index (χ2v) is 8.97. The van der Waals surface area contributed by atoms with Crippen molar-refractivity contribution in [1.82, 2.24) is 15.0 Å². The Labute approximate surface area is 181 Å². The van der Waals surface area contributed by atoms with Crippen molar-refractivity contribution in [3.8, 4) is 17.0 Å². The number of halogens is 1. The van der Waals surface area contributed by atoms with E-state index in [4.69, 9.17) is 15.5 Å². The molecule has 4 rings (SSSR count). The van der Waals surface area contributed by atoms with Crippen molar-refractivity contribution < 1.29 is 32.3 Å². The number of carbonyl (C=O) groups is 1. The molecule has 3 N–H and O–H groups in total. The molecule has 32 heavy (non-hydrogen) atoms. The van der Waals surface area contributed by atoms with Gasteiger partial charge in [-0.2, -0.15) is 5.90 Å². The zero-order valence-electron chi connectivity index (χ0n) is 16.8. The van der Waals surface area contributed by atoms with E-state index in [-0.39, 0.29) is 38.9 Å². The number of ether oxygens (including phenoxy) is 1. The topological polar surface area (TPSA) is 158 Å². The van der Waals surface area contributed by atoms with E-state index in [2.05, 4.69) is 15.0 Å². The molecule has 0 radical (unpaired) electrons. The lowest BCUT2D eigenvalue weighted by Crippen LogP contribution is -2.37. The summed E-state index contributed by atoms with van der Waals surface area (Å²) in [4.78, 5) is 30.7. The standard InChI is InChI=1S/C19H18FN5O6S/c1-32(28,29)13-9-12(18(26)27)22-16-14(10-3-2-4-11(20)17(10)31-21)23-19(24-15(13)16)25-5-7-30-8-6-25/h2-4,9H,5-8,21H2,1H3,(H,26,27). The molecule has 0 spiro atoms. The lowest BCUT2D eigenvalue weighted by atomic mass is 10.1. The van der Waals surface area contributed by atoms with Crippen LogP contribution < -0.4 is 15.6 Å². The van der Waals surface area contributed by atoms with Crippen molar-refractivity contribution in [3.05, 3.63) is 35.8 Å². The number of fused-ring (bicyclic) bond motifs is 1. The van der Waals surface area contributed by atoms with Crippen molar-refractivity contribution in [2.24, 2.45) is 5.90 Å². The van der Waals surface area contributed by atoms with Crippen LogP contribution in [-0.4, -0.2) is 67.0 Å². The molecule has 2 aromatic heterocycles. The SMILES string of the molecule is CS(=O)(=O)c1cc(C(=O)O)nc2c(-c3cccc(F)c3ON)nc(N3CCOCC3)nc12. The number of carboxylic acids is 1. The van der Waals surface area contributed by atoms with Crippen LogP contribution in [0.4, 0.5) is 10.3 Å². The zero-order chi connectivity index (χ0) is 23.0. The zero-order valence-corrected chi connectivity index (χ0v) is 17.6. The maximum atomic E-state index is 14.4. The quantitative estimate of drug-likeness (QED) is 0.520. The molecule has 0 atom stereocenters. The average molecular weight is 463 g/mol. The third kappa shape index (κ3) is 3.92. The first-order valence-electron chi connectivity index (χ1n) is 9.35. The molecule has 1 aromatic carbocycles. The van der Waals surface area contributed by atoms with Crippen molar-refractivity contribution in [3.63, 3.8) is 0 Å². The molecule has 0 bridgehead atoms. The number of aromatic carboxylic acids is 1. The molecule has 11 nitrogen and oxygen atoms in total. The Hall–Kier alpha value is -3.42. The van der Waals surface area contributed by atoms with Gasteiger partial charge in [-0.25, -0.2) is 32.6 Å². The normalized spacial score (nSPS) is 14.5. The summed E-state index contributed by atoms with van der Waals surface area (Å²) in [6.45, 7) is 1.68. The van der Waals surface area contributed by atoms with Gasteiger partial charge in [-0.15, -0.1) is 0 Å².